The van der Waals surface area contributed by atoms with E-state index in [1.165, 1.54) is 44.2 Å². The molecule has 1 aromatic carbocycles. The standard InChI is InChI=1S/C38H53F3N4O8S/c1-36(2)34(47)45(31-6-5-29(26-42)32(23-31)38(39,40)41)35(54)44(36)8-3-4-33(46)43-7-9-48-10-11-49-12-13-50-14-15-51-16-17-52-18-19-53-37-24-27-20-28(25-37)22-30(37)21-27/h5-6,23,27-28,30H,3-4,7-22,24-25H2,1-2H3,(H,43,46). The Hall–Kier alpha value is -2.91. The van der Waals surface area contributed by atoms with Gasteiger partial charge in [-0.05, 0) is 101 Å². The van der Waals surface area contributed by atoms with Crippen LogP contribution in [0, 0.1) is 29.1 Å². The molecule has 5 fully saturated rings. The van der Waals surface area contributed by atoms with Crippen LogP contribution in [0.2, 0.25) is 0 Å². The molecule has 2 atom stereocenters. The predicted molar refractivity (Wildman–Crippen MR) is 196 cm³/mol. The molecule has 1 aliphatic heterocycles. The van der Waals surface area contributed by atoms with Crippen molar-refractivity contribution >= 4 is 34.8 Å². The van der Waals surface area contributed by atoms with Gasteiger partial charge in [-0.15, -0.1) is 0 Å². The van der Waals surface area contributed by atoms with Crippen molar-refractivity contribution < 1.29 is 51.2 Å². The number of rotatable bonds is 24. The van der Waals surface area contributed by atoms with E-state index in [2.05, 4.69) is 5.32 Å². The zero-order valence-electron chi connectivity index (χ0n) is 31.3. The molecular formula is C38H53F3N4O8S. The molecule has 2 amide bonds. The third-order valence-corrected chi connectivity index (χ3v) is 11.3. The lowest BCUT2D eigenvalue weighted by Gasteiger charge is -2.33. The van der Waals surface area contributed by atoms with Gasteiger partial charge in [-0.25, -0.2) is 0 Å². The highest BCUT2D eigenvalue weighted by molar-refractivity contribution is 7.80. The van der Waals surface area contributed by atoms with Gasteiger partial charge in [0.15, 0.2) is 5.11 Å². The van der Waals surface area contributed by atoms with Crippen LogP contribution in [0.4, 0.5) is 18.9 Å². The lowest BCUT2D eigenvalue weighted by atomic mass is 9.81. The van der Waals surface area contributed by atoms with Crippen LogP contribution in [0.25, 0.3) is 0 Å². The smallest absolute Gasteiger partial charge is 0.377 e. The first-order valence-electron chi connectivity index (χ1n) is 18.9. The van der Waals surface area contributed by atoms with Gasteiger partial charge < -0.3 is 38.6 Å². The Labute approximate surface area is 320 Å². The quantitative estimate of drug-likeness (QED) is 0.114. The van der Waals surface area contributed by atoms with Gasteiger partial charge in [0.05, 0.1) is 101 Å². The molecule has 2 unspecified atom stereocenters. The average Bonchev–Trinajstić information content (AvgIpc) is 3.59. The summed E-state index contributed by atoms with van der Waals surface area (Å²) in [7, 11) is 0. The van der Waals surface area contributed by atoms with Crippen molar-refractivity contribution in [2.45, 2.75) is 76.1 Å². The molecule has 300 valence electrons. The molecule has 4 bridgehead atoms. The van der Waals surface area contributed by atoms with E-state index in [4.69, 9.17) is 45.9 Å². The lowest BCUT2D eigenvalue weighted by Crippen LogP contribution is -2.44. The van der Waals surface area contributed by atoms with Gasteiger partial charge >= 0.3 is 6.18 Å². The lowest BCUT2D eigenvalue weighted by molar-refractivity contribution is -0.137. The van der Waals surface area contributed by atoms with E-state index in [1.807, 2.05) is 0 Å². The summed E-state index contributed by atoms with van der Waals surface area (Å²) in [5.41, 5.74) is -2.75. The van der Waals surface area contributed by atoms with Gasteiger partial charge in [-0.3, -0.25) is 14.5 Å². The SMILES string of the molecule is CC1(C)C(=O)N(c2ccc(C#N)c(C(F)(F)F)c2)C(=S)N1CCCC(=O)NCCOCCOCCOCCOCCOCCOC12CC3CC(CC1C3)C2. The van der Waals surface area contributed by atoms with Crippen LogP contribution in [-0.4, -0.2) is 119 Å². The Morgan fingerprint density at radius 3 is 2.02 bits per heavy atom. The minimum Gasteiger partial charge on any atom is -0.377 e. The first kappa shape index (κ1) is 42.2. The number of hydrogen-bond donors (Lipinski definition) is 1. The molecule has 0 aromatic heterocycles. The fraction of sp³-hybridized carbons (Fsp3) is 0.737. The van der Waals surface area contributed by atoms with Gasteiger partial charge in [-0.1, -0.05) is 0 Å². The number of carbonyl (C=O) groups is 2. The second kappa shape index (κ2) is 19.3. The van der Waals surface area contributed by atoms with E-state index in [1.54, 1.807) is 18.7 Å². The highest BCUT2D eigenvalue weighted by atomic mass is 32.1. The molecule has 1 saturated heterocycles. The maximum absolute atomic E-state index is 13.5. The van der Waals surface area contributed by atoms with Crippen molar-refractivity contribution in [1.29, 1.82) is 5.26 Å². The van der Waals surface area contributed by atoms with Gasteiger partial charge in [0.1, 0.15) is 5.54 Å². The molecule has 16 heteroatoms. The number of carbonyl (C=O) groups excluding carboxylic acids is 2. The van der Waals surface area contributed by atoms with Gasteiger partial charge in [-0.2, -0.15) is 18.4 Å². The Morgan fingerprint density at radius 2 is 1.46 bits per heavy atom. The molecule has 12 nitrogen and oxygen atoms in total. The number of ether oxygens (including phenoxy) is 6. The van der Waals surface area contributed by atoms with Gasteiger partial charge in [0, 0.05) is 19.5 Å². The number of thiocarbonyl (C=S) groups is 1. The van der Waals surface area contributed by atoms with Gasteiger partial charge in [0.25, 0.3) is 5.91 Å². The topological polar surface area (TPSA) is 132 Å². The zero-order chi connectivity index (χ0) is 38.8. The predicted octanol–water partition coefficient (Wildman–Crippen LogP) is 4.86. The number of nitriles is 1. The van der Waals surface area contributed by atoms with Crippen LogP contribution in [0.15, 0.2) is 18.2 Å². The third-order valence-electron chi connectivity index (χ3n) is 10.9. The van der Waals surface area contributed by atoms with Crippen LogP contribution in [0.3, 0.4) is 0 Å². The maximum Gasteiger partial charge on any atom is 0.417 e. The van der Waals surface area contributed by atoms with E-state index in [0.29, 0.717) is 85.6 Å². The number of halogens is 3. The molecule has 0 radical (unpaired) electrons. The van der Waals surface area contributed by atoms with Crippen LogP contribution >= 0.6 is 12.2 Å². The average molecular weight is 783 g/mol. The highest BCUT2D eigenvalue weighted by Gasteiger charge is 2.58. The van der Waals surface area contributed by atoms with Crippen molar-refractivity contribution in [2.75, 3.05) is 90.7 Å². The summed E-state index contributed by atoms with van der Waals surface area (Å²) in [6.45, 7) is 8.99. The molecule has 1 aromatic rings. The van der Waals surface area contributed by atoms with Crippen LogP contribution in [-0.2, 0) is 44.2 Å². The molecule has 6 rings (SSSR count). The van der Waals surface area contributed by atoms with Crippen molar-refractivity contribution in [2.24, 2.45) is 17.8 Å². The monoisotopic (exact) mass is 782 g/mol. The summed E-state index contributed by atoms with van der Waals surface area (Å²) in [5, 5.41) is 11.9. The Morgan fingerprint density at radius 1 is 0.907 bits per heavy atom. The molecule has 4 aliphatic carbocycles. The van der Waals surface area contributed by atoms with Gasteiger partial charge in [0.2, 0.25) is 5.91 Å². The summed E-state index contributed by atoms with van der Waals surface area (Å²) in [6.07, 6.45) is 2.37. The van der Waals surface area contributed by atoms with E-state index >= 15 is 0 Å². The summed E-state index contributed by atoms with van der Waals surface area (Å²) >= 11 is 5.49. The third kappa shape index (κ3) is 10.7. The van der Waals surface area contributed by atoms with E-state index in [9.17, 15) is 22.8 Å². The second-order valence-corrected chi connectivity index (χ2v) is 15.3. The number of amides is 2. The summed E-state index contributed by atoms with van der Waals surface area (Å²) < 4.78 is 74.7. The molecule has 5 aliphatic rings. The fourth-order valence-corrected chi connectivity index (χ4v) is 8.94. The number of alkyl halides is 3. The first-order chi connectivity index (χ1) is 25.9. The number of nitrogens with one attached hydrogen (secondary N) is 1. The molecule has 0 spiro atoms. The minimum absolute atomic E-state index is 0.0313. The first-order valence-corrected chi connectivity index (χ1v) is 19.3. The molecule has 1 N–H and O–H groups in total. The van der Waals surface area contributed by atoms with E-state index < -0.39 is 28.7 Å². The fourth-order valence-electron chi connectivity index (χ4n) is 8.43. The number of benzene rings is 1. The number of anilines is 1. The number of nitrogens with zero attached hydrogens (tertiary/aromatic N) is 3. The summed E-state index contributed by atoms with van der Waals surface area (Å²) in [5.74, 6) is 1.86. The minimum atomic E-state index is -4.78. The largest absolute Gasteiger partial charge is 0.417 e. The Kier molecular flexibility index (Phi) is 15.1. The van der Waals surface area contributed by atoms with Crippen molar-refractivity contribution in [3.63, 3.8) is 0 Å². The van der Waals surface area contributed by atoms with Crippen LogP contribution in [0.1, 0.15) is 69.9 Å². The summed E-state index contributed by atoms with van der Waals surface area (Å²) in [6, 6.07) is 4.58. The molecule has 1 heterocycles. The Balaban J connectivity index is 0.813. The molecular weight excluding hydrogens is 729 g/mol. The molecule has 54 heavy (non-hydrogen) atoms. The number of hydrogen-bond acceptors (Lipinski definition) is 10. The van der Waals surface area contributed by atoms with Crippen molar-refractivity contribution in [3.05, 3.63) is 29.3 Å². The highest BCUT2D eigenvalue weighted by Crippen LogP contribution is 2.62. The van der Waals surface area contributed by atoms with Crippen LogP contribution < -0.4 is 10.2 Å². The zero-order valence-corrected chi connectivity index (χ0v) is 32.1. The van der Waals surface area contributed by atoms with Crippen molar-refractivity contribution in [1.82, 2.24) is 10.2 Å². The van der Waals surface area contributed by atoms with E-state index in [0.717, 1.165) is 34.8 Å². The Bertz CT molecular complexity index is 1480. The molecule has 4 saturated carbocycles. The van der Waals surface area contributed by atoms with E-state index in [-0.39, 0.29) is 35.3 Å². The summed E-state index contributed by atoms with van der Waals surface area (Å²) in [4.78, 5) is 28.2. The van der Waals surface area contributed by atoms with Crippen LogP contribution in [0.5, 0.6) is 0 Å². The maximum atomic E-state index is 13.5. The normalized spacial score (nSPS) is 24.2. The van der Waals surface area contributed by atoms with Crippen molar-refractivity contribution in [3.8, 4) is 6.07 Å². The second-order valence-electron chi connectivity index (χ2n) is 14.9.